The number of nitrogens with one attached hydrogen (secondary N) is 1. The monoisotopic (exact) mass is 397 g/mol. The number of unbranched alkanes of at least 4 members (excludes halogenated alkanes) is 2. The molecular formula is C26H27N3O. The highest BCUT2D eigenvalue weighted by atomic mass is 16.1. The van der Waals surface area contributed by atoms with Gasteiger partial charge in [0.15, 0.2) is 0 Å². The number of aromatic nitrogens is 2. The molecular weight excluding hydrogens is 370 g/mol. The second kappa shape index (κ2) is 9.40. The lowest BCUT2D eigenvalue weighted by Crippen LogP contribution is -2.21. The van der Waals surface area contributed by atoms with Crippen LogP contribution < -0.4 is 5.32 Å². The Morgan fingerprint density at radius 3 is 2.63 bits per heavy atom. The van der Waals surface area contributed by atoms with E-state index in [4.69, 9.17) is 4.98 Å². The highest BCUT2D eigenvalue weighted by Crippen LogP contribution is 2.22. The predicted octanol–water partition coefficient (Wildman–Crippen LogP) is 5.25. The fourth-order valence-corrected chi connectivity index (χ4v) is 3.88. The van der Waals surface area contributed by atoms with Crippen LogP contribution in [0.5, 0.6) is 0 Å². The zero-order chi connectivity index (χ0) is 20.8. The molecule has 4 rings (SSSR count). The first-order valence-electron chi connectivity index (χ1n) is 10.6. The number of fused-ring (bicyclic) bond motifs is 2. The fraction of sp³-hybridized carbons (Fsp3) is 0.231. The molecule has 3 aromatic carbocycles. The van der Waals surface area contributed by atoms with E-state index in [1.54, 1.807) is 0 Å². The number of nitrogens with zero attached hydrogens (tertiary/aromatic N) is 2. The third-order valence-corrected chi connectivity index (χ3v) is 5.45. The number of imidazole rings is 1. The Kier molecular flexibility index (Phi) is 6.23. The van der Waals surface area contributed by atoms with Crippen LogP contribution in [0, 0.1) is 0 Å². The molecule has 0 fully saturated rings. The molecule has 0 spiro atoms. The number of rotatable bonds is 9. The summed E-state index contributed by atoms with van der Waals surface area (Å²) in [6.07, 6.45) is 5.30. The maximum atomic E-state index is 11.2. The van der Waals surface area contributed by atoms with Crippen molar-refractivity contribution in [1.29, 1.82) is 0 Å². The second-order valence-electron chi connectivity index (χ2n) is 7.59. The molecule has 0 aliphatic rings. The zero-order valence-corrected chi connectivity index (χ0v) is 17.2. The summed E-state index contributed by atoms with van der Waals surface area (Å²) in [5.41, 5.74) is 3.51. The normalized spacial score (nSPS) is 11.1. The number of carbonyl (C=O) groups excluding carboxylic acids is 1. The summed E-state index contributed by atoms with van der Waals surface area (Å²) in [6.45, 7) is 4.98. The minimum Gasteiger partial charge on any atom is -0.353 e. The van der Waals surface area contributed by atoms with Crippen LogP contribution in [0.15, 0.2) is 79.4 Å². The Bertz CT molecular complexity index is 1180. The van der Waals surface area contributed by atoms with E-state index in [-0.39, 0.29) is 5.91 Å². The van der Waals surface area contributed by atoms with E-state index in [0.29, 0.717) is 6.54 Å². The van der Waals surface area contributed by atoms with E-state index in [1.165, 1.54) is 27.9 Å². The quantitative estimate of drug-likeness (QED) is 0.310. The first kappa shape index (κ1) is 19.9. The first-order chi connectivity index (χ1) is 14.7. The Balaban J connectivity index is 1.48. The van der Waals surface area contributed by atoms with Gasteiger partial charge in [0.1, 0.15) is 5.82 Å². The number of benzene rings is 3. The fourth-order valence-electron chi connectivity index (χ4n) is 3.88. The summed E-state index contributed by atoms with van der Waals surface area (Å²) in [7, 11) is 0. The van der Waals surface area contributed by atoms with Crippen LogP contribution >= 0.6 is 0 Å². The van der Waals surface area contributed by atoms with Gasteiger partial charge in [-0.25, -0.2) is 4.98 Å². The number of para-hydroxylation sites is 2. The Hall–Kier alpha value is -3.40. The van der Waals surface area contributed by atoms with Crippen molar-refractivity contribution in [2.45, 2.75) is 32.2 Å². The Labute approximate surface area is 177 Å². The van der Waals surface area contributed by atoms with E-state index in [1.807, 2.05) is 6.07 Å². The summed E-state index contributed by atoms with van der Waals surface area (Å²) in [6, 6.07) is 23.5. The summed E-state index contributed by atoms with van der Waals surface area (Å²) in [4.78, 5) is 16.1. The molecule has 0 saturated heterocycles. The van der Waals surface area contributed by atoms with E-state index in [2.05, 4.69) is 77.1 Å². The molecule has 0 bridgehead atoms. The maximum Gasteiger partial charge on any atom is 0.243 e. The molecule has 0 aliphatic heterocycles. The van der Waals surface area contributed by atoms with Crippen LogP contribution in [-0.2, 0) is 17.8 Å². The highest BCUT2D eigenvalue weighted by Gasteiger charge is 2.11. The minimum absolute atomic E-state index is 0.104. The van der Waals surface area contributed by atoms with Gasteiger partial charge in [-0.3, -0.25) is 4.79 Å². The lowest BCUT2D eigenvalue weighted by atomic mass is 10.1. The van der Waals surface area contributed by atoms with Crippen molar-refractivity contribution in [1.82, 2.24) is 14.9 Å². The number of hydrogen-bond acceptors (Lipinski definition) is 2. The standard InChI is InChI=1S/C26H27N3O/c1-2-26(30)27-17-9-3-4-14-25-28-23-12-7-8-13-24(23)29(25)19-20-15-16-21-10-5-6-11-22(21)18-20/h2,5-8,10-13,15-16,18H,1,3-4,9,14,17,19H2,(H,27,30). The number of aryl methyl sites for hydroxylation is 1. The minimum atomic E-state index is -0.104. The molecule has 4 nitrogen and oxygen atoms in total. The lowest BCUT2D eigenvalue weighted by Gasteiger charge is -2.11. The van der Waals surface area contributed by atoms with Crippen LogP contribution in [0.4, 0.5) is 0 Å². The molecule has 1 N–H and O–H groups in total. The number of hydrogen-bond donors (Lipinski definition) is 1. The van der Waals surface area contributed by atoms with Crippen LogP contribution in [-0.4, -0.2) is 22.0 Å². The smallest absolute Gasteiger partial charge is 0.243 e. The summed E-state index contributed by atoms with van der Waals surface area (Å²) < 4.78 is 2.35. The molecule has 1 aromatic heterocycles. The molecule has 0 saturated carbocycles. The van der Waals surface area contributed by atoms with Crippen molar-refractivity contribution in [3.63, 3.8) is 0 Å². The maximum absolute atomic E-state index is 11.2. The molecule has 0 atom stereocenters. The Morgan fingerprint density at radius 1 is 0.967 bits per heavy atom. The van der Waals surface area contributed by atoms with Gasteiger partial charge in [0.25, 0.3) is 0 Å². The first-order valence-corrected chi connectivity index (χ1v) is 10.6. The van der Waals surface area contributed by atoms with Gasteiger partial charge in [-0.15, -0.1) is 0 Å². The van der Waals surface area contributed by atoms with Gasteiger partial charge >= 0.3 is 0 Å². The molecule has 1 heterocycles. The van der Waals surface area contributed by atoms with Gasteiger partial charge in [-0.05, 0) is 53.5 Å². The van der Waals surface area contributed by atoms with Gasteiger partial charge in [0, 0.05) is 19.5 Å². The molecule has 152 valence electrons. The molecule has 0 radical (unpaired) electrons. The average Bonchev–Trinajstić information content (AvgIpc) is 3.13. The van der Waals surface area contributed by atoms with Gasteiger partial charge in [0.2, 0.25) is 5.91 Å². The van der Waals surface area contributed by atoms with E-state index < -0.39 is 0 Å². The molecule has 0 aliphatic carbocycles. The van der Waals surface area contributed by atoms with E-state index >= 15 is 0 Å². The summed E-state index contributed by atoms with van der Waals surface area (Å²) in [5, 5.41) is 5.36. The molecule has 4 heteroatoms. The number of carbonyl (C=O) groups is 1. The third kappa shape index (κ3) is 4.60. The lowest BCUT2D eigenvalue weighted by molar-refractivity contribution is -0.116. The topological polar surface area (TPSA) is 46.9 Å². The highest BCUT2D eigenvalue weighted by molar-refractivity contribution is 5.86. The van der Waals surface area contributed by atoms with Crippen molar-refractivity contribution >= 4 is 27.7 Å². The zero-order valence-electron chi connectivity index (χ0n) is 17.2. The van der Waals surface area contributed by atoms with Crippen molar-refractivity contribution in [3.05, 3.63) is 90.8 Å². The molecule has 1 amide bonds. The largest absolute Gasteiger partial charge is 0.353 e. The van der Waals surface area contributed by atoms with Crippen LogP contribution in [0.2, 0.25) is 0 Å². The van der Waals surface area contributed by atoms with Gasteiger partial charge in [0.05, 0.1) is 11.0 Å². The molecule has 0 unspecified atom stereocenters. The van der Waals surface area contributed by atoms with Gasteiger partial charge in [-0.2, -0.15) is 0 Å². The Morgan fingerprint density at radius 2 is 1.77 bits per heavy atom. The second-order valence-corrected chi connectivity index (χ2v) is 7.59. The van der Waals surface area contributed by atoms with Crippen molar-refractivity contribution in [2.75, 3.05) is 6.54 Å². The van der Waals surface area contributed by atoms with Crippen molar-refractivity contribution in [3.8, 4) is 0 Å². The van der Waals surface area contributed by atoms with E-state index in [0.717, 1.165) is 43.6 Å². The summed E-state index contributed by atoms with van der Waals surface area (Å²) >= 11 is 0. The van der Waals surface area contributed by atoms with Gasteiger partial charge in [-0.1, -0.05) is 61.5 Å². The van der Waals surface area contributed by atoms with Gasteiger partial charge < -0.3 is 9.88 Å². The molecule has 30 heavy (non-hydrogen) atoms. The molecule has 4 aromatic rings. The predicted molar refractivity (Wildman–Crippen MR) is 124 cm³/mol. The van der Waals surface area contributed by atoms with Crippen LogP contribution in [0.1, 0.15) is 30.7 Å². The van der Waals surface area contributed by atoms with Crippen molar-refractivity contribution in [2.24, 2.45) is 0 Å². The van der Waals surface area contributed by atoms with Crippen LogP contribution in [0.25, 0.3) is 21.8 Å². The van der Waals surface area contributed by atoms with Crippen LogP contribution in [0.3, 0.4) is 0 Å². The SMILES string of the molecule is C=CC(=O)NCCCCCc1nc2ccccc2n1Cc1ccc2ccccc2c1. The number of amides is 1. The van der Waals surface area contributed by atoms with E-state index in [9.17, 15) is 4.79 Å². The third-order valence-electron chi connectivity index (χ3n) is 5.45. The average molecular weight is 398 g/mol. The summed E-state index contributed by atoms with van der Waals surface area (Å²) in [5.74, 6) is 1.02. The van der Waals surface area contributed by atoms with Crippen molar-refractivity contribution < 1.29 is 4.79 Å².